The van der Waals surface area contributed by atoms with Gasteiger partial charge in [0, 0.05) is 6.20 Å². The topological polar surface area (TPSA) is 47.2 Å². The van der Waals surface area contributed by atoms with E-state index in [1.165, 1.54) is 17.1 Å². The maximum Gasteiger partial charge on any atom is 0.130 e. The maximum atomic E-state index is 9.76. The standard InChI is InChI=1S/C4H5N3O/c1-4-5-2-3-7(4)6-8/h2-3H,1H3. The van der Waals surface area contributed by atoms with Gasteiger partial charge in [0.1, 0.15) is 5.82 Å². The third-order valence-electron chi connectivity index (χ3n) is 0.889. The van der Waals surface area contributed by atoms with E-state index in [4.69, 9.17) is 0 Å². The summed E-state index contributed by atoms with van der Waals surface area (Å²) in [6, 6.07) is 0. The minimum atomic E-state index is 0.611. The highest BCUT2D eigenvalue weighted by Gasteiger charge is 1.90. The average Bonchev–Trinajstić information content (AvgIpc) is 2.14. The van der Waals surface area contributed by atoms with Crippen molar-refractivity contribution in [3.63, 3.8) is 0 Å². The zero-order valence-electron chi connectivity index (χ0n) is 4.40. The number of nitrogens with zero attached hydrogens (tertiary/aromatic N) is 3. The molecule has 0 spiro atoms. The monoisotopic (exact) mass is 111 g/mol. The van der Waals surface area contributed by atoms with E-state index in [0.29, 0.717) is 5.82 Å². The summed E-state index contributed by atoms with van der Waals surface area (Å²) in [5.41, 5.74) is 0. The number of rotatable bonds is 1. The fourth-order valence-corrected chi connectivity index (χ4v) is 0.458. The van der Waals surface area contributed by atoms with Crippen LogP contribution in [0.1, 0.15) is 5.82 Å². The number of aromatic nitrogens is 2. The van der Waals surface area contributed by atoms with Crippen LogP contribution in [0.5, 0.6) is 0 Å². The first-order chi connectivity index (χ1) is 3.84. The van der Waals surface area contributed by atoms with Crippen molar-refractivity contribution in [2.75, 3.05) is 0 Å². The summed E-state index contributed by atoms with van der Waals surface area (Å²) in [6.07, 6.45) is 3.03. The molecule has 0 aliphatic rings. The zero-order valence-corrected chi connectivity index (χ0v) is 4.40. The van der Waals surface area contributed by atoms with Gasteiger partial charge in [-0.05, 0) is 6.92 Å². The molecule has 0 radical (unpaired) electrons. The summed E-state index contributed by atoms with van der Waals surface area (Å²) in [5, 5.41) is 2.63. The second-order valence-electron chi connectivity index (χ2n) is 1.40. The first kappa shape index (κ1) is 4.96. The molecule has 1 aromatic heterocycles. The van der Waals surface area contributed by atoms with Gasteiger partial charge in [-0.15, -0.1) is 4.91 Å². The summed E-state index contributed by atoms with van der Waals surface area (Å²) in [6.45, 7) is 1.71. The first-order valence-corrected chi connectivity index (χ1v) is 2.18. The average molecular weight is 111 g/mol. The Hall–Kier alpha value is -1.19. The summed E-state index contributed by atoms with van der Waals surface area (Å²) < 4.78 is 1.17. The molecule has 1 rings (SSSR count). The van der Waals surface area contributed by atoms with E-state index in [-0.39, 0.29) is 0 Å². The van der Waals surface area contributed by atoms with Crippen LogP contribution >= 0.6 is 0 Å². The molecule has 0 saturated carbocycles. The molecule has 0 unspecified atom stereocenters. The second kappa shape index (κ2) is 1.73. The Morgan fingerprint density at radius 3 is 2.88 bits per heavy atom. The molecule has 4 heteroatoms. The molecule has 0 saturated heterocycles. The van der Waals surface area contributed by atoms with Crippen LogP contribution in [-0.4, -0.2) is 9.66 Å². The van der Waals surface area contributed by atoms with Crippen LogP contribution in [0.4, 0.5) is 0 Å². The van der Waals surface area contributed by atoms with E-state index in [1.54, 1.807) is 6.92 Å². The van der Waals surface area contributed by atoms with Crippen LogP contribution < -0.4 is 0 Å². The third-order valence-corrected chi connectivity index (χ3v) is 0.889. The highest BCUT2D eigenvalue weighted by atomic mass is 16.3. The van der Waals surface area contributed by atoms with Gasteiger partial charge in [-0.2, -0.15) is 4.68 Å². The minimum absolute atomic E-state index is 0.611. The molecule has 1 heterocycles. The molecule has 4 nitrogen and oxygen atoms in total. The molecule has 0 aliphatic carbocycles. The fraction of sp³-hybridized carbons (Fsp3) is 0.250. The van der Waals surface area contributed by atoms with Crippen LogP contribution in [0.3, 0.4) is 0 Å². The SMILES string of the molecule is Cc1nccn1N=O. The Kier molecular flexibility index (Phi) is 1.07. The molecule has 0 fully saturated rings. The molecule has 0 aliphatic heterocycles. The second-order valence-corrected chi connectivity index (χ2v) is 1.40. The van der Waals surface area contributed by atoms with Crippen LogP contribution in [0, 0.1) is 11.8 Å². The third kappa shape index (κ3) is 0.598. The van der Waals surface area contributed by atoms with Gasteiger partial charge < -0.3 is 0 Å². The highest BCUT2D eigenvalue weighted by Crippen LogP contribution is 1.91. The summed E-state index contributed by atoms with van der Waals surface area (Å²) in [7, 11) is 0. The molecule has 0 amide bonds. The largest absolute Gasteiger partial charge is 0.240 e. The van der Waals surface area contributed by atoms with Crippen LogP contribution in [0.25, 0.3) is 0 Å². The van der Waals surface area contributed by atoms with Crippen LogP contribution in [-0.2, 0) is 0 Å². The Bertz CT molecular complexity index is 193. The molecule has 0 N–H and O–H groups in total. The summed E-state index contributed by atoms with van der Waals surface area (Å²) in [5.74, 6) is 0.611. The lowest BCUT2D eigenvalue weighted by atomic mass is 10.7. The molecular formula is C4H5N3O. The molecule has 1 aromatic rings. The Labute approximate surface area is 46.1 Å². The molecule has 8 heavy (non-hydrogen) atoms. The smallest absolute Gasteiger partial charge is 0.130 e. The van der Waals surface area contributed by atoms with Crippen molar-refractivity contribution in [3.05, 3.63) is 23.1 Å². The quantitative estimate of drug-likeness (QED) is 0.501. The van der Waals surface area contributed by atoms with E-state index in [2.05, 4.69) is 10.3 Å². The number of hydrogen-bond donors (Lipinski definition) is 0. The lowest BCUT2D eigenvalue weighted by Gasteiger charge is -1.83. The van der Waals surface area contributed by atoms with Crippen molar-refractivity contribution in [3.8, 4) is 0 Å². The van der Waals surface area contributed by atoms with Gasteiger partial charge in [0.05, 0.1) is 11.5 Å². The Balaban J connectivity index is 3.09. The van der Waals surface area contributed by atoms with Crippen molar-refractivity contribution < 1.29 is 0 Å². The van der Waals surface area contributed by atoms with E-state index in [1.807, 2.05) is 0 Å². The van der Waals surface area contributed by atoms with Crippen molar-refractivity contribution in [2.45, 2.75) is 6.92 Å². The van der Waals surface area contributed by atoms with Crippen molar-refractivity contribution in [1.82, 2.24) is 9.66 Å². The van der Waals surface area contributed by atoms with E-state index >= 15 is 0 Å². The van der Waals surface area contributed by atoms with Gasteiger partial charge >= 0.3 is 0 Å². The number of aryl methyl sites for hydroxylation is 1. The zero-order chi connectivity index (χ0) is 5.98. The first-order valence-electron chi connectivity index (χ1n) is 2.18. The number of imidazole rings is 1. The summed E-state index contributed by atoms with van der Waals surface area (Å²) in [4.78, 5) is 13.5. The molecular weight excluding hydrogens is 106 g/mol. The lowest BCUT2D eigenvalue weighted by Crippen LogP contribution is -1.86. The number of nitroso groups, excluding NO2 is 1. The lowest BCUT2D eigenvalue weighted by molar-refractivity contribution is 0.818. The number of hydrogen-bond acceptors (Lipinski definition) is 3. The van der Waals surface area contributed by atoms with Crippen LogP contribution in [0.15, 0.2) is 17.7 Å². The summed E-state index contributed by atoms with van der Waals surface area (Å²) >= 11 is 0. The van der Waals surface area contributed by atoms with E-state index in [9.17, 15) is 4.91 Å². The molecule has 0 atom stereocenters. The highest BCUT2D eigenvalue weighted by molar-refractivity contribution is 4.86. The molecule has 0 bridgehead atoms. The van der Waals surface area contributed by atoms with Gasteiger partial charge in [-0.3, -0.25) is 0 Å². The van der Waals surface area contributed by atoms with Crippen molar-refractivity contribution in [2.24, 2.45) is 5.29 Å². The fourth-order valence-electron chi connectivity index (χ4n) is 0.458. The van der Waals surface area contributed by atoms with E-state index < -0.39 is 0 Å². The van der Waals surface area contributed by atoms with Gasteiger partial charge in [-0.25, -0.2) is 4.98 Å². The van der Waals surface area contributed by atoms with Crippen molar-refractivity contribution in [1.29, 1.82) is 0 Å². The minimum Gasteiger partial charge on any atom is -0.240 e. The Morgan fingerprint density at radius 1 is 1.88 bits per heavy atom. The van der Waals surface area contributed by atoms with Gasteiger partial charge in [0.2, 0.25) is 0 Å². The maximum absolute atomic E-state index is 9.76. The van der Waals surface area contributed by atoms with Gasteiger partial charge in [-0.1, -0.05) is 0 Å². The molecule has 0 aromatic carbocycles. The van der Waals surface area contributed by atoms with E-state index in [0.717, 1.165) is 0 Å². The molecule has 42 valence electrons. The predicted molar refractivity (Wildman–Crippen MR) is 28.2 cm³/mol. The van der Waals surface area contributed by atoms with Crippen LogP contribution in [0.2, 0.25) is 0 Å². The Morgan fingerprint density at radius 2 is 2.62 bits per heavy atom. The predicted octanol–water partition coefficient (Wildman–Crippen LogP) is 0.721. The normalized spacial score (nSPS) is 9.12. The van der Waals surface area contributed by atoms with Gasteiger partial charge in [0.15, 0.2) is 0 Å². The van der Waals surface area contributed by atoms with Crippen molar-refractivity contribution >= 4 is 0 Å². The van der Waals surface area contributed by atoms with Gasteiger partial charge in [0.25, 0.3) is 0 Å².